The number of aromatic nitrogens is 1. The number of amides is 2. The van der Waals surface area contributed by atoms with Crippen LogP contribution in [0.2, 0.25) is 0 Å². The molecule has 1 saturated heterocycles. The molecule has 1 aliphatic heterocycles. The van der Waals surface area contributed by atoms with Crippen molar-refractivity contribution in [2.24, 2.45) is 0 Å². The first-order chi connectivity index (χ1) is 9.63. The van der Waals surface area contributed by atoms with Crippen molar-refractivity contribution < 1.29 is 9.59 Å². The number of thioether (sulfide) groups is 1. The number of aryl methyl sites for hydroxylation is 1. The van der Waals surface area contributed by atoms with Gasteiger partial charge in [-0.05, 0) is 49.0 Å². The summed E-state index contributed by atoms with van der Waals surface area (Å²) in [5, 5.41) is 1.93. The Morgan fingerprint density at radius 3 is 2.55 bits per heavy atom. The topological polar surface area (TPSA) is 51.1 Å². The summed E-state index contributed by atoms with van der Waals surface area (Å²) in [7, 11) is 0. The Hall–Kier alpha value is -2.27. The van der Waals surface area contributed by atoms with E-state index >= 15 is 0 Å². The van der Waals surface area contributed by atoms with Crippen LogP contribution in [-0.4, -0.2) is 15.7 Å². The Kier molecular flexibility index (Phi) is 3.20. The van der Waals surface area contributed by atoms with Gasteiger partial charge >= 0.3 is 0 Å². The van der Waals surface area contributed by atoms with E-state index in [9.17, 15) is 9.59 Å². The van der Waals surface area contributed by atoms with E-state index in [1.54, 1.807) is 6.08 Å². The number of rotatable bonds is 2. The van der Waals surface area contributed by atoms with Gasteiger partial charge in [-0.3, -0.25) is 14.9 Å². The van der Waals surface area contributed by atoms with Gasteiger partial charge < -0.3 is 4.57 Å². The van der Waals surface area contributed by atoms with Gasteiger partial charge in [0.25, 0.3) is 11.1 Å². The van der Waals surface area contributed by atoms with Crippen LogP contribution < -0.4 is 5.32 Å². The van der Waals surface area contributed by atoms with Crippen molar-refractivity contribution in [3.8, 4) is 5.69 Å². The van der Waals surface area contributed by atoms with E-state index in [1.807, 2.05) is 54.1 Å². The summed E-state index contributed by atoms with van der Waals surface area (Å²) in [4.78, 5) is 23.2. The molecular weight excluding hydrogens is 272 g/mol. The minimum absolute atomic E-state index is 0.324. The maximum Gasteiger partial charge on any atom is 0.290 e. The molecule has 2 heterocycles. The molecule has 0 aliphatic carbocycles. The molecule has 20 heavy (non-hydrogen) atoms. The highest BCUT2D eigenvalue weighted by Gasteiger charge is 2.25. The monoisotopic (exact) mass is 284 g/mol. The number of hydrogen-bond acceptors (Lipinski definition) is 3. The number of nitrogens with zero attached hydrogens (tertiary/aromatic N) is 1. The van der Waals surface area contributed by atoms with Crippen molar-refractivity contribution in [2.75, 3.05) is 0 Å². The molecule has 0 saturated carbocycles. The zero-order chi connectivity index (χ0) is 14.1. The van der Waals surface area contributed by atoms with Gasteiger partial charge in [-0.1, -0.05) is 17.7 Å². The van der Waals surface area contributed by atoms with Crippen LogP contribution in [0.3, 0.4) is 0 Å². The Bertz CT molecular complexity index is 714. The molecule has 1 aromatic carbocycles. The predicted molar refractivity (Wildman–Crippen MR) is 79.6 cm³/mol. The number of hydrogen-bond donors (Lipinski definition) is 1. The fourth-order valence-corrected chi connectivity index (χ4v) is 2.67. The van der Waals surface area contributed by atoms with Gasteiger partial charge in [-0.15, -0.1) is 0 Å². The smallest absolute Gasteiger partial charge is 0.290 e. The van der Waals surface area contributed by atoms with Crippen molar-refractivity contribution in [1.29, 1.82) is 0 Å². The van der Waals surface area contributed by atoms with Crippen molar-refractivity contribution in [3.63, 3.8) is 0 Å². The van der Waals surface area contributed by atoms with Gasteiger partial charge in [0, 0.05) is 17.6 Å². The van der Waals surface area contributed by atoms with Gasteiger partial charge in [0.15, 0.2) is 0 Å². The highest BCUT2D eigenvalue weighted by molar-refractivity contribution is 8.18. The highest BCUT2D eigenvalue weighted by atomic mass is 32.2. The molecule has 0 unspecified atom stereocenters. The lowest BCUT2D eigenvalue weighted by Gasteiger charge is -2.07. The van der Waals surface area contributed by atoms with Crippen LogP contribution in [0, 0.1) is 6.92 Å². The molecule has 1 fully saturated rings. The minimum atomic E-state index is -0.336. The van der Waals surface area contributed by atoms with E-state index < -0.39 is 0 Å². The third kappa shape index (κ3) is 2.40. The van der Waals surface area contributed by atoms with E-state index in [-0.39, 0.29) is 11.1 Å². The second-order valence-corrected chi connectivity index (χ2v) is 5.51. The van der Waals surface area contributed by atoms with E-state index in [2.05, 4.69) is 5.32 Å². The standard InChI is InChI=1S/C15H12N2O2S/c1-10-4-6-11(7-5-10)17-8-2-3-12(17)9-13-14(18)16-15(19)20-13/h2-9H,1H3,(H,16,18,19). The summed E-state index contributed by atoms with van der Waals surface area (Å²) in [6.07, 6.45) is 3.65. The van der Waals surface area contributed by atoms with E-state index in [0.717, 1.165) is 23.1 Å². The number of nitrogens with one attached hydrogen (secondary N) is 1. The molecule has 2 amide bonds. The minimum Gasteiger partial charge on any atom is -0.317 e. The fraction of sp³-hybridized carbons (Fsp3) is 0.0667. The Balaban J connectivity index is 1.99. The quantitative estimate of drug-likeness (QED) is 0.862. The zero-order valence-electron chi connectivity index (χ0n) is 10.8. The van der Waals surface area contributed by atoms with Crippen LogP contribution in [0.1, 0.15) is 11.3 Å². The molecule has 0 radical (unpaired) electrons. The lowest BCUT2D eigenvalue weighted by molar-refractivity contribution is -0.115. The molecule has 5 heteroatoms. The third-order valence-corrected chi connectivity index (χ3v) is 3.82. The zero-order valence-corrected chi connectivity index (χ0v) is 11.6. The number of carbonyl (C=O) groups excluding carboxylic acids is 2. The number of benzene rings is 1. The van der Waals surface area contributed by atoms with Crippen LogP contribution in [-0.2, 0) is 4.79 Å². The van der Waals surface area contributed by atoms with Crippen molar-refractivity contribution in [1.82, 2.24) is 9.88 Å². The normalized spacial score (nSPS) is 16.8. The second kappa shape index (κ2) is 5.02. The lowest BCUT2D eigenvalue weighted by Crippen LogP contribution is -2.17. The van der Waals surface area contributed by atoms with Gasteiger partial charge in [0.1, 0.15) is 0 Å². The van der Waals surface area contributed by atoms with Gasteiger partial charge in [-0.2, -0.15) is 0 Å². The van der Waals surface area contributed by atoms with Crippen molar-refractivity contribution in [2.45, 2.75) is 6.92 Å². The average molecular weight is 284 g/mol. The molecule has 1 aromatic heterocycles. The largest absolute Gasteiger partial charge is 0.317 e. The van der Waals surface area contributed by atoms with Crippen LogP contribution in [0.25, 0.3) is 11.8 Å². The Labute approximate surface area is 120 Å². The predicted octanol–water partition coefficient (Wildman–Crippen LogP) is 3.11. The maximum atomic E-state index is 11.6. The second-order valence-electron chi connectivity index (χ2n) is 4.49. The molecule has 2 aromatic rings. The molecule has 0 bridgehead atoms. The van der Waals surface area contributed by atoms with Gasteiger partial charge in [0.05, 0.1) is 4.91 Å². The molecule has 0 spiro atoms. The van der Waals surface area contributed by atoms with Gasteiger partial charge in [0.2, 0.25) is 0 Å². The van der Waals surface area contributed by atoms with Crippen molar-refractivity contribution >= 4 is 29.0 Å². The lowest BCUT2D eigenvalue weighted by atomic mass is 10.2. The van der Waals surface area contributed by atoms with Crippen molar-refractivity contribution in [3.05, 3.63) is 58.8 Å². The SMILES string of the molecule is Cc1ccc(-n2cccc2C=C2SC(=O)NC2=O)cc1. The van der Waals surface area contributed by atoms with Crippen LogP contribution in [0.5, 0.6) is 0 Å². The van der Waals surface area contributed by atoms with Gasteiger partial charge in [-0.25, -0.2) is 0 Å². The fourth-order valence-electron chi connectivity index (χ4n) is 2.01. The van der Waals surface area contributed by atoms with E-state index in [1.165, 1.54) is 5.56 Å². The first-order valence-electron chi connectivity index (χ1n) is 6.13. The molecule has 1 aliphatic rings. The first kappa shape index (κ1) is 12.7. The molecule has 4 nitrogen and oxygen atoms in total. The first-order valence-corrected chi connectivity index (χ1v) is 6.94. The highest BCUT2D eigenvalue weighted by Crippen LogP contribution is 2.26. The molecule has 0 atom stereocenters. The summed E-state index contributed by atoms with van der Waals surface area (Å²) in [5.74, 6) is -0.336. The summed E-state index contributed by atoms with van der Waals surface area (Å²) >= 11 is 0.926. The number of carbonyl (C=O) groups is 2. The summed E-state index contributed by atoms with van der Waals surface area (Å²) in [6, 6.07) is 11.9. The molecular formula is C15H12N2O2S. The average Bonchev–Trinajstić information content (AvgIpc) is 2.98. The summed E-state index contributed by atoms with van der Waals surface area (Å²) in [6.45, 7) is 2.04. The Morgan fingerprint density at radius 1 is 1.15 bits per heavy atom. The molecule has 100 valence electrons. The van der Waals surface area contributed by atoms with Crippen LogP contribution in [0.4, 0.5) is 4.79 Å². The third-order valence-electron chi connectivity index (χ3n) is 3.01. The Morgan fingerprint density at radius 2 is 1.90 bits per heavy atom. The molecule has 3 rings (SSSR count). The molecule has 1 N–H and O–H groups in total. The van der Waals surface area contributed by atoms with E-state index in [0.29, 0.717) is 4.91 Å². The van der Waals surface area contributed by atoms with Crippen LogP contribution in [0.15, 0.2) is 47.5 Å². The summed E-state index contributed by atoms with van der Waals surface area (Å²) < 4.78 is 1.98. The van der Waals surface area contributed by atoms with Crippen LogP contribution >= 0.6 is 11.8 Å². The number of imide groups is 1. The van der Waals surface area contributed by atoms with E-state index in [4.69, 9.17) is 0 Å². The maximum absolute atomic E-state index is 11.6. The summed E-state index contributed by atoms with van der Waals surface area (Å²) in [5.41, 5.74) is 3.07.